The fraction of sp³-hybridized carbons (Fsp3) is 0.857. The van der Waals surface area contributed by atoms with E-state index in [1.807, 2.05) is 0 Å². The van der Waals surface area contributed by atoms with Gasteiger partial charge in [0.05, 0.1) is 6.54 Å². The van der Waals surface area contributed by atoms with Gasteiger partial charge in [-0.05, 0) is 12.8 Å². The molecule has 1 aliphatic heterocycles. The Balaban J connectivity index is 1.76. The van der Waals surface area contributed by atoms with E-state index >= 15 is 0 Å². The van der Waals surface area contributed by atoms with Gasteiger partial charge in [-0.1, -0.05) is 12.8 Å². The smallest absolute Gasteiger partial charge is 0.281 e. The standard InChI is InChI=1S/C14H26N4O4S/c1-16(2)23(21,22)18-9-7-17(8-10-18)13(19)11-15-14(20)12-5-3-4-6-12/h12H,3-11H2,1-2H3,(H,15,20). The summed E-state index contributed by atoms with van der Waals surface area (Å²) in [5.74, 6) is -0.146. The molecule has 2 fully saturated rings. The lowest BCUT2D eigenvalue weighted by Gasteiger charge is -2.35. The first-order valence-corrected chi connectivity index (χ1v) is 9.45. The van der Waals surface area contributed by atoms with Crippen LogP contribution in [-0.2, 0) is 19.8 Å². The number of hydrogen-bond donors (Lipinski definition) is 1. The highest BCUT2D eigenvalue weighted by atomic mass is 32.2. The van der Waals surface area contributed by atoms with Crippen LogP contribution in [0, 0.1) is 5.92 Å². The molecule has 0 radical (unpaired) electrons. The van der Waals surface area contributed by atoms with Crippen LogP contribution in [0.4, 0.5) is 0 Å². The van der Waals surface area contributed by atoms with Crippen LogP contribution in [0.1, 0.15) is 25.7 Å². The van der Waals surface area contributed by atoms with E-state index in [1.165, 1.54) is 22.7 Å². The van der Waals surface area contributed by atoms with Crippen molar-refractivity contribution in [1.82, 2.24) is 18.8 Å². The number of rotatable bonds is 5. The second-order valence-corrected chi connectivity index (χ2v) is 8.41. The molecule has 1 aliphatic carbocycles. The maximum atomic E-state index is 12.1. The molecule has 2 aliphatic rings. The van der Waals surface area contributed by atoms with Gasteiger partial charge in [-0.3, -0.25) is 9.59 Å². The third kappa shape index (κ3) is 4.42. The van der Waals surface area contributed by atoms with Crippen LogP contribution in [-0.4, -0.2) is 80.6 Å². The summed E-state index contributed by atoms with van der Waals surface area (Å²) in [4.78, 5) is 25.7. The molecule has 2 rings (SSSR count). The van der Waals surface area contributed by atoms with E-state index in [2.05, 4.69) is 5.32 Å². The lowest BCUT2D eigenvalue weighted by molar-refractivity contribution is -0.134. The van der Waals surface area contributed by atoms with Gasteiger partial charge in [0.25, 0.3) is 10.2 Å². The average molecular weight is 346 g/mol. The van der Waals surface area contributed by atoms with E-state index in [9.17, 15) is 18.0 Å². The normalized spacial score (nSPS) is 20.9. The van der Waals surface area contributed by atoms with Crippen molar-refractivity contribution >= 4 is 22.0 Å². The molecule has 9 heteroatoms. The van der Waals surface area contributed by atoms with Crippen molar-refractivity contribution < 1.29 is 18.0 Å². The molecule has 1 saturated carbocycles. The SMILES string of the molecule is CN(C)S(=O)(=O)N1CCN(C(=O)CNC(=O)C2CCCC2)CC1. The minimum Gasteiger partial charge on any atom is -0.347 e. The number of piperazine rings is 1. The quantitative estimate of drug-likeness (QED) is 0.709. The Morgan fingerprint density at radius 2 is 1.65 bits per heavy atom. The number of carbonyl (C=O) groups is 2. The minimum atomic E-state index is -3.43. The number of nitrogens with zero attached hydrogens (tertiary/aromatic N) is 3. The fourth-order valence-electron chi connectivity index (χ4n) is 3.01. The molecular weight excluding hydrogens is 320 g/mol. The van der Waals surface area contributed by atoms with Crippen molar-refractivity contribution in [2.75, 3.05) is 46.8 Å². The van der Waals surface area contributed by atoms with Crippen LogP contribution in [0.15, 0.2) is 0 Å². The summed E-state index contributed by atoms with van der Waals surface area (Å²) in [6.07, 6.45) is 3.96. The molecule has 0 aromatic heterocycles. The first-order chi connectivity index (χ1) is 10.8. The fourth-order valence-corrected chi connectivity index (χ4v) is 4.09. The Labute approximate surface area is 138 Å². The molecule has 8 nitrogen and oxygen atoms in total. The Morgan fingerprint density at radius 3 is 2.17 bits per heavy atom. The highest BCUT2D eigenvalue weighted by molar-refractivity contribution is 7.86. The number of amides is 2. The van der Waals surface area contributed by atoms with Crippen LogP contribution in [0.3, 0.4) is 0 Å². The van der Waals surface area contributed by atoms with Crippen LogP contribution in [0.25, 0.3) is 0 Å². The van der Waals surface area contributed by atoms with Crippen molar-refractivity contribution in [3.8, 4) is 0 Å². The van der Waals surface area contributed by atoms with Gasteiger partial charge < -0.3 is 10.2 Å². The molecule has 0 unspecified atom stereocenters. The predicted octanol–water partition coefficient (Wildman–Crippen LogP) is -0.757. The van der Waals surface area contributed by atoms with Gasteiger partial charge in [0.2, 0.25) is 11.8 Å². The van der Waals surface area contributed by atoms with Gasteiger partial charge >= 0.3 is 0 Å². The Morgan fingerprint density at radius 1 is 1.09 bits per heavy atom. The Bertz CT molecular complexity index is 535. The molecule has 0 aromatic rings. The third-order valence-corrected chi connectivity index (χ3v) is 6.46. The summed E-state index contributed by atoms with van der Waals surface area (Å²) >= 11 is 0. The molecule has 1 saturated heterocycles. The molecule has 23 heavy (non-hydrogen) atoms. The minimum absolute atomic E-state index is 0.00420. The summed E-state index contributed by atoms with van der Waals surface area (Å²) in [6.45, 7) is 1.26. The summed E-state index contributed by atoms with van der Waals surface area (Å²) < 4.78 is 26.6. The highest BCUT2D eigenvalue weighted by Crippen LogP contribution is 2.24. The largest absolute Gasteiger partial charge is 0.347 e. The van der Waals surface area contributed by atoms with E-state index in [0.29, 0.717) is 13.1 Å². The van der Waals surface area contributed by atoms with E-state index in [1.54, 1.807) is 4.90 Å². The lowest BCUT2D eigenvalue weighted by atomic mass is 10.1. The van der Waals surface area contributed by atoms with E-state index in [4.69, 9.17) is 0 Å². The van der Waals surface area contributed by atoms with Crippen molar-refractivity contribution in [2.45, 2.75) is 25.7 Å². The van der Waals surface area contributed by atoms with Gasteiger partial charge in [-0.25, -0.2) is 0 Å². The number of nitrogens with one attached hydrogen (secondary N) is 1. The maximum Gasteiger partial charge on any atom is 0.281 e. The topological polar surface area (TPSA) is 90.0 Å². The predicted molar refractivity (Wildman–Crippen MR) is 85.7 cm³/mol. The summed E-state index contributed by atoms with van der Waals surface area (Å²) in [7, 11) is -0.444. The van der Waals surface area contributed by atoms with Crippen molar-refractivity contribution in [2.24, 2.45) is 5.92 Å². The van der Waals surface area contributed by atoms with Gasteiger partial charge in [-0.2, -0.15) is 17.0 Å². The number of hydrogen-bond acceptors (Lipinski definition) is 4. The molecule has 0 atom stereocenters. The van der Waals surface area contributed by atoms with Crippen LogP contribution < -0.4 is 5.32 Å². The summed E-state index contributed by atoms with van der Waals surface area (Å²) in [5, 5.41) is 2.71. The lowest BCUT2D eigenvalue weighted by Crippen LogP contribution is -2.54. The summed E-state index contributed by atoms with van der Waals surface area (Å²) in [6, 6.07) is 0. The van der Waals surface area contributed by atoms with Gasteiger partial charge in [0, 0.05) is 46.2 Å². The zero-order valence-electron chi connectivity index (χ0n) is 13.8. The Hall–Kier alpha value is -1.19. The maximum absolute atomic E-state index is 12.1. The number of carbonyl (C=O) groups excluding carboxylic acids is 2. The molecule has 132 valence electrons. The average Bonchev–Trinajstić information content (AvgIpc) is 3.06. The molecule has 0 spiro atoms. The zero-order chi connectivity index (χ0) is 17.0. The molecule has 0 bridgehead atoms. The molecule has 1 heterocycles. The second-order valence-electron chi connectivity index (χ2n) is 6.27. The van der Waals surface area contributed by atoms with Gasteiger partial charge in [0.15, 0.2) is 0 Å². The molecular formula is C14H26N4O4S. The first kappa shape index (κ1) is 18.2. The van der Waals surface area contributed by atoms with E-state index in [0.717, 1.165) is 25.7 Å². The van der Waals surface area contributed by atoms with Crippen molar-refractivity contribution in [1.29, 1.82) is 0 Å². The van der Waals surface area contributed by atoms with Crippen molar-refractivity contribution in [3.63, 3.8) is 0 Å². The molecule has 0 aromatic carbocycles. The summed E-state index contributed by atoms with van der Waals surface area (Å²) in [5.41, 5.74) is 0. The zero-order valence-corrected chi connectivity index (χ0v) is 14.6. The van der Waals surface area contributed by atoms with Crippen LogP contribution in [0.5, 0.6) is 0 Å². The van der Waals surface area contributed by atoms with E-state index in [-0.39, 0.29) is 37.4 Å². The second kappa shape index (κ2) is 7.59. The van der Waals surface area contributed by atoms with Crippen molar-refractivity contribution in [3.05, 3.63) is 0 Å². The Kier molecular flexibility index (Phi) is 5.99. The van der Waals surface area contributed by atoms with Gasteiger partial charge in [-0.15, -0.1) is 0 Å². The molecule has 1 N–H and O–H groups in total. The van der Waals surface area contributed by atoms with E-state index < -0.39 is 10.2 Å². The molecule has 2 amide bonds. The van der Waals surface area contributed by atoms with Crippen LogP contribution in [0.2, 0.25) is 0 Å². The van der Waals surface area contributed by atoms with Gasteiger partial charge in [0.1, 0.15) is 0 Å². The highest BCUT2D eigenvalue weighted by Gasteiger charge is 2.30. The third-order valence-electron chi connectivity index (χ3n) is 4.52. The van der Waals surface area contributed by atoms with Crippen LogP contribution >= 0.6 is 0 Å². The first-order valence-electron chi connectivity index (χ1n) is 8.05. The monoisotopic (exact) mass is 346 g/mol.